The van der Waals surface area contributed by atoms with Gasteiger partial charge < -0.3 is 4.98 Å². The molecule has 0 spiro atoms. The molecule has 5 nitrogen and oxygen atoms in total. The highest BCUT2D eigenvalue weighted by Gasteiger charge is 2.11. The van der Waals surface area contributed by atoms with Gasteiger partial charge in [-0.25, -0.2) is 0 Å². The van der Waals surface area contributed by atoms with Crippen LogP contribution in [0.5, 0.6) is 0 Å². The molecular formula is C16H15N3O2S. The fraction of sp³-hybridized carbons (Fsp3) is 0.125. The second-order valence-corrected chi connectivity index (χ2v) is 6.24. The number of carbonyl (C=O) groups excluding carboxylic acids is 2. The lowest BCUT2D eigenvalue weighted by atomic mass is 10.1. The molecule has 112 valence electrons. The normalized spacial score (nSPS) is 10.6. The Morgan fingerprint density at radius 2 is 1.95 bits per heavy atom. The molecule has 2 aromatic heterocycles. The number of aromatic nitrogens is 1. The van der Waals surface area contributed by atoms with E-state index in [2.05, 4.69) is 15.8 Å². The molecule has 0 aliphatic heterocycles. The molecule has 2 amide bonds. The lowest BCUT2D eigenvalue weighted by Gasteiger charge is -2.05. The number of aromatic amines is 1. The predicted octanol–water partition coefficient (Wildman–Crippen LogP) is 2.54. The Kier molecular flexibility index (Phi) is 3.93. The van der Waals surface area contributed by atoms with Crippen molar-refractivity contribution in [1.82, 2.24) is 15.8 Å². The smallest absolute Gasteiger partial charge is 0.279 e. The van der Waals surface area contributed by atoms with Gasteiger partial charge in [-0.2, -0.15) is 0 Å². The summed E-state index contributed by atoms with van der Waals surface area (Å²) in [5.41, 5.74) is 6.77. The Labute approximate surface area is 131 Å². The number of fused-ring (bicyclic) bond motifs is 1. The van der Waals surface area contributed by atoms with Gasteiger partial charge in [-0.05, 0) is 30.7 Å². The summed E-state index contributed by atoms with van der Waals surface area (Å²) in [6, 6.07) is 11.4. The first-order valence-corrected chi connectivity index (χ1v) is 7.66. The summed E-state index contributed by atoms with van der Waals surface area (Å²) in [6.07, 6.45) is 2.02. The van der Waals surface area contributed by atoms with E-state index in [1.165, 1.54) is 11.3 Å². The number of aryl methyl sites for hydroxylation is 1. The molecule has 22 heavy (non-hydrogen) atoms. The second kappa shape index (κ2) is 6.03. The number of benzene rings is 1. The van der Waals surface area contributed by atoms with E-state index in [9.17, 15) is 9.59 Å². The number of amides is 2. The minimum Gasteiger partial charge on any atom is -0.361 e. The Morgan fingerprint density at radius 3 is 2.73 bits per heavy atom. The lowest BCUT2D eigenvalue weighted by Crippen LogP contribution is -2.42. The van der Waals surface area contributed by atoms with Crippen molar-refractivity contribution in [2.45, 2.75) is 13.3 Å². The number of carbonyl (C=O) groups is 2. The van der Waals surface area contributed by atoms with Crippen molar-refractivity contribution in [2.24, 2.45) is 0 Å². The maximum atomic E-state index is 12.0. The molecule has 0 fully saturated rings. The summed E-state index contributed by atoms with van der Waals surface area (Å²) < 4.78 is 0. The monoisotopic (exact) mass is 313 g/mol. The minimum absolute atomic E-state index is 0.202. The quantitative estimate of drug-likeness (QED) is 0.650. The third-order valence-electron chi connectivity index (χ3n) is 3.31. The SMILES string of the molecule is Cc1ccc(C(=O)NNC(=O)Cc2c[nH]c3ccccc23)s1. The van der Waals surface area contributed by atoms with Crippen LogP contribution in [0.3, 0.4) is 0 Å². The molecule has 0 radical (unpaired) electrons. The van der Waals surface area contributed by atoms with Crippen LogP contribution in [-0.4, -0.2) is 16.8 Å². The Balaban J connectivity index is 1.60. The Hall–Kier alpha value is -2.60. The average molecular weight is 313 g/mol. The molecule has 0 atom stereocenters. The van der Waals surface area contributed by atoms with Gasteiger partial charge in [-0.3, -0.25) is 20.4 Å². The molecule has 3 aromatic rings. The molecule has 0 saturated heterocycles. The third-order valence-corrected chi connectivity index (χ3v) is 4.30. The van der Waals surface area contributed by atoms with Crippen LogP contribution in [0, 0.1) is 6.92 Å². The van der Waals surface area contributed by atoms with Gasteiger partial charge in [-0.15, -0.1) is 11.3 Å². The highest BCUT2D eigenvalue weighted by molar-refractivity contribution is 7.13. The number of hydrazine groups is 1. The summed E-state index contributed by atoms with van der Waals surface area (Å²) >= 11 is 1.39. The van der Waals surface area contributed by atoms with E-state index < -0.39 is 0 Å². The molecule has 0 aliphatic rings. The van der Waals surface area contributed by atoms with Crippen molar-refractivity contribution < 1.29 is 9.59 Å². The van der Waals surface area contributed by atoms with Crippen molar-refractivity contribution >= 4 is 34.1 Å². The zero-order valence-electron chi connectivity index (χ0n) is 12.0. The molecule has 0 unspecified atom stereocenters. The van der Waals surface area contributed by atoms with Gasteiger partial charge >= 0.3 is 0 Å². The number of hydrogen-bond acceptors (Lipinski definition) is 3. The molecule has 0 saturated carbocycles. The molecule has 0 aliphatic carbocycles. The summed E-state index contributed by atoms with van der Waals surface area (Å²) in [5, 5.41) is 1.01. The van der Waals surface area contributed by atoms with Crippen molar-refractivity contribution in [2.75, 3.05) is 0 Å². The standard InChI is InChI=1S/C16H15N3O2S/c1-10-6-7-14(22-10)16(21)19-18-15(20)8-11-9-17-13-5-3-2-4-12(11)13/h2-7,9,17H,8H2,1H3,(H,18,20)(H,19,21). The Bertz CT molecular complexity index is 835. The number of para-hydroxylation sites is 1. The van der Waals surface area contributed by atoms with Gasteiger partial charge in [0.1, 0.15) is 0 Å². The zero-order valence-corrected chi connectivity index (χ0v) is 12.8. The van der Waals surface area contributed by atoms with Crippen LogP contribution in [0.4, 0.5) is 0 Å². The molecule has 6 heteroatoms. The van der Waals surface area contributed by atoms with Crippen LogP contribution in [0.2, 0.25) is 0 Å². The summed E-state index contributed by atoms with van der Waals surface area (Å²) in [5.74, 6) is -0.559. The van der Waals surface area contributed by atoms with Crippen LogP contribution in [0.1, 0.15) is 20.1 Å². The molecule has 3 rings (SSSR count). The first-order chi connectivity index (χ1) is 10.6. The van der Waals surface area contributed by atoms with Gasteiger partial charge in [0.05, 0.1) is 11.3 Å². The van der Waals surface area contributed by atoms with E-state index in [0.717, 1.165) is 21.3 Å². The fourth-order valence-electron chi connectivity index (χ4n) is 2.24. The molecule has 2 heterocycles. The van der Waals surface area contributed by atoms with Crippen molar-refractivity contribution in [3.05, 3.63) is 57.9 Å². The zero-order chi connectivity index (χ0) is 15.5. The van der Waals surface area contributed by atoms with E-state index in [4.69, 9.17) is 0 Å². The van der Waals surface area contributed by atoms with E-state index in [-0.39, 0.29) is 18.2 Å². The lowest BCUT2D eigenvalue weighted by molar-refractivity contribution is -0.121. The Morgan fingerprint density at radius 1 is 1.14 bits per heavy atom. The molecule has 0 bridgehead atoms. The number of nitrogens with one attached hydrogen (secondary N) is 3. The second-order valence-electron chi connectivity index (χ2n) is 4.95. The van der Waals surface area contributed by atoms with Crippen LogP contribution in [-0.2, 0) is 11.2 Å². The largest absolute Gasteiger partial charge is 0.361 e. The van der Waals surface area contributed by atoms with Crippen molar-refractivity contribution in [3.8, 4) is 0 Å². The van der Waals surface area contributed by atoms with Crippen LogP contribution in [0.15, 0.2) is 42.6 Å². The molecular weight excluding hydrogens is 298 g/mol. The van der Waals surface area contributed by atoms with Crippen molar-refractivity contribution in [1.29, 1.82) is 0 Å². The first kappa shape index (κ1) is 14.3. The maximum absolute atomic E-state index is 12.0. The van der Waals surface area contributed by atoms with Crippen LogP contribution < -0.4 is 10.9 Å². The van der Waals surface area contributed by atoms with E-state index in [1.54, 1.807) is 6.07 Å². The maximum Gasteiger partial charge on any atom is 0.279 e. The van der Waals surface area contributed by atoms with Crippen molar-refractivity contribution in [3.63, 3.8) is 0 Å². The predicted molar refractivity (Wildman–Crippen MR) is 86.7 cm³/mol. The number of H-pyrrole nitrogens is 1. The summed E-state index contributed by atoms with van der Waals surface area (Å²) in [4.78, 5) is 28.6. The van der Waals surface area contributed by atoms with E-state index in [1.807, 2.05) is 43.5 Å². The number of rotatable bonds is 3. The summed E-state index contributed by atoms with van der Waals surface area (Å²) in [7, 11) is 0. The van der Waals surface area contributed by atoms with E-state index >= 15 is 0 Å². The minimum atomic E-state index is -0.301. The topological polar surface area (TPSA) is 74.0 Å². The molecule has 1 aromatic carbocycles. The van der Waals surface area contributed by atoms with Crippen LogP contribution in [0.25, 0.3) is 10.9 Å². The van der Waals surface area contributed by atoms with Gasteiger partial charge in [0.2, 0.25) is 5.91 Å². The number of hydrogen-bond donors (Lipinski definition) is 3. The van der Waals surface area contributed by atoms with E-state index in [0.29, 0.717) is 4.88 Å². The van der Waals surface area contributed by atoms with Gasteiger partial charge in [0, 0.05) is 22.0 Å². The van der Waals surface area contributed by atoms with Gasteiger partial charge in [-0.1, -0.05) is 18.2 Å². The first-order valence-electron chi connectivity index (χ1n) is 6.84. The summed E-state index contributed by atoms with van der Waals surface area (Å²) in [6.45, 7) is 1.93. The van der Waals surface area contributed by atoms with Gasteiger partial charge in [0.25, 0.3) is 5.91 Å². The number of thiophene rings is 1. The molecule has 3 N–H and O–H groups in total. The third kappa shape index (κ3) is 3.01. The fourth-order valence-corrected chi connectivity index (χ4v) is 3.00. The highest BCUT2D eigenvalue weighted by atomic mass is 32.1. The van der Waals surface area contributed by atoms with Crippen LogP contribution >= 0.6 is 11.3 Å². The average Bonchev–Trinajstić information content (AvgIpc) is 3.12. The highest BCUT2D eigenvalue weighted by Crippen LogP contribution is 2.18. The van der Waals surface area contributed by atoms with Gasteiger partial charge in [0.15, 0.2) is 0 Å².